The summed E-state index contributed by atoms with van der Waals surface area (Å²) in [4.78, 5) is 19.5. The van der Waals surface area contributed by atoms with E-state index < -0.39 is 0 Å². The molecule has 1 aromatic carbocycles. The Morgan fingerprint density at radius 2 is 2.21 bits per heavy atom. The van der Waals surface area contributed by atoms with Gasteiger partial charge in [-0.3, -0.25) is 4.79 Å². The predicted octanol–water partition coefficient (Wildman–Crippen LogP) is 1.83. The van der Waals surface area contributed by atoms with E-state index in [1.165, 1.54) is 11.8 Å². The number of hydrogen-bond acceptors (Lipinski definition) is 4. The Morgan fingerprint density at radius 3 is 2.84 bits per heavy atom. The van der Waals surface area contributed by atoms with Gasteiger partial charge < -0.3 is 15.0 Å². The Kier molecular flexibility index (Phi) is 4.85. The molecule has 0 aliphatic carbocycles. The van der Waals surface area contributed by atoms with E-state index in [4.69, 9.17) is 4.74 Å². The highest BCUT2D eigenvalue weighted by atomic mass is 32.2. The van der Waals surface area contributed by atoms with Crippen molar-refractivity contribution in [2.75, 3.05) is 12.9 Å². The van der Waals surface area contributed by atoms with Crippen LogP contribution in [0.15, 0.2) is 41.7 Å². The number of ether oxygens (including phenoxy) is 1. The molecule has 2 rings (SSSR count). The Bertz CT molecular complexity index is 511. The van der Waals surface area contributed by atoms with Crippen molar-refractivity contribution in [3.8, 4) is 5.75 Å². The summed E-state index contributed by atoms with van der Waals surface area (Å²) in [6.07, 6.45) is 3.28. The topological polar surface area (TPSA) is 67.0 Å². The Morgan fingerprint density at radius 1 is 1.42 bits per heavy atom. The van der Waals surface area contributed by atoms with Crippen molar-refractivity contribution < 1.29 is 9.53 Å². The molecule has 0 saturated heterocycles. The minimum Gasteiger partial charge on any atom is -0.497 e. The van der Waals surface area contributed by atoms with Crippen LogP contribution in [0.25, 0.3) is 0 Å². The number of amides is 1. The number of nitrogens with one attached hydrogen (secondary N) is 2. The van der Waals surface area contributed by atoms with Crippen molar-refractivity contribution in [3.63, 3.8) is 0 Å². The molecule has 100 valence electrons. The van der Waals surface area contributed by atoms with Crippen molar-refractivity contribution in [1.82, 2.24) is 15.3 Å². The first kappa shape index (κ1) is 13.5. The maximum Gasteiger partial charge on any atom is 0.230 e. The van der Waals surface area contributed by atoms with Gasteiger partial charge in [0, 0.05) is 11.1 Å². The molecular formula is C13H15N3O2S. The van der Waals surface area contributed by atoms with E-state index >= 15 is 0 Å². The molecule has 2 aromatic rings. The standard InChI is InChI=1S/C13H15N3O2S/c1-18-11-2-4-12(5-3-11)19-8-13(17)15-7-10-6-14-9-16-10/h2-6,9H,7-8H2,1H3,(H,14,16)(H,15,17). The number of aromatic amines is 1. The molecule has 2 N–H and O–H groups in total. The van der Waals surface area contributed by atoms with Crippen molar-refractivity contribution in [3.05, 3.63) is 42.5 Å². The second-order valence-electron chi connectivity index (χ2n) is 3.82. The van der Waals surface area contributed by atoms with Crippen molar-refractivity contribution in [1.29, 1.82) is 0 Å². The van der Waals surface area contributed by atoms with Gasteiger partial charge in [-0.25, -0.2) is 4.98 Å². The molecule has 0 unspecified atom stereocenters. The third-order valence-corrected chi connectivity index (χ3v) is 3.47. The quantitative estimate of drug-likeness (QED) is 0.790. The fourth-order valence-corrected chi connectivity index (χ4v) is 2.18. The highest BCUT2D eigenvalue weighted by molar-refractivity contribution is 8.00. The Balaban J connectivity index is 1.73. The molecule has 0 radical (unpaired) electrons. The zero-order valence-electron chi connectivity index (χ0n) is 10.6. The lowest BCUT2D eigenvalue weighted by Crippen LogP contribution is -2.24. The summed E-state index contributed by atoms with van der Waals surface area (Å²) in [7, 11) is 1.63. The fraction of sp³-hybridized carbons (Fsp3) is 0.231. The van der Waals surface area contributed by atoms with Gasteiger partial charge in [-0.15, -0.1) is 11.8 Å². The van der Waals surface area contributed by atoms with Crippen LogP contribution in [0.5, 0.6) is 5.75 Å². The number of methoxy groups -OCH3 is 1. The molecule has 0 saturated carbocycles. The van der Waals surface area contributed by atoms with Crippen molar-refractivity contribution in [2.45, 2.75) is 11.4 Å². The number of rotatable bonds is 6. The summed E-state index contributed by atoms with van der Waals surface area (Å²) in [6.45, 7) is 0.474. The van der Waals surface area contributed by atoms with Crippen molar-refractivity contribution in [2.24, 2.45) is 0 Å². The monoisotopic (exact) mass is 277 g/mol. The van der Waals surface area contributed by atoms with Gasteiger partial charge in [-0.2, -0.15) is 0 Å². The number of H-pyrrole nitrogens is 1. The average Bonchev–Trinajstić information content (AvgIpc) is 2.96. The average molecular weight is 277 g/mol. The van der Waals surface area contributed by atoms with Gasteiger partial charge in [0.05, 0.1) is 31.4 Å². The SMILES string of the molecule is COc1ccc(SCC(=O)NCc2cnc[nH]2)cc1. The van der Waals surface area contributed by atoms with E-state index in [0.717, 1.165) is 16.3 Å². The molecule has 19 heavy (non-hydrogen) atoms. The molecule has 0 aliphatic rings. The summed E-state index contributed by atoms with van der Waals surface area (Å²) >= 11 is 1.49. The molecule has 1 heterocycles. The number of carbonyl (C=O) groups is 1. The zero-order valence-corrected chi connectivity index (χ0v) is 11.4. The molecule has 5 nitrogen and oxygen atoms in total. The van der Waals surface area contributed by atoms with Gasteiger partial charge in [0.2, 0.25) is 5.91 Å². The van der Waals surface area contributed by atoms with E-state index in [2.05, 4.69) is 15.3 Å². The third kappa shape index (κ3) is 4.33. The van der Waals surface area contributed by atoms with Crippen LogP contribution in [0.4, 0.5) is 0 Å². The molecule has 0 aliphatic heterocycles. The molecular weight excluding hydrogens is 262 g/mol. The van der Waals surface area contributed by atoms with Crippen LogP contribution in [0.3, 0.4) is 0 Å². The third-order valence-electron chi connectivity index (χ3n) is 2.46. The van der Waals surface area contributed by atoms with Gasteiger partial charge in [0.15, 0.2) is 0 Å². The van der Waals surface area contributed by atoms with Crippen LogP contribution in [-0.2, 0) is 11.3 Å². The lowest BCUT2D eigenvalue weighted by Gasteiger charge is -2.04. The molecule has 1 aromatic heterocycles. The normalized spacial score (nSPS) is 10.2. The van der Waals surface area contributed by atoms with Crippen LogP contribution in [-0.4, -0.2) is 28.7 Å². The second-order valence-corrected chi connectivity index (χ2v) is 4.87. The summed E-state index contributed by atoms with van der Waals surface area (Å²) in [6, 6.07) is 7.63. The Hall–Kier alpha value is -1.95. The number of thioether (sulfide) groups is 1. The minimum absolute atomic E-state index is 0.00424. The van der Waals surface area contributed by atoms with Gasteiger partial charge in [0.25, 0.3) is 0 Å². The summed E-state index contributed by atoms with van der Waals surface area (Å²) < 4.78 is 5.08. The number of aromatic nitrogens is 2. The second kappa shape index (κ2) is 6.84. The van der Waals surface area contributed by atoms with E-state index in [9.17, 15) is 4.79 Å². The minimum atomic E-state index is -0.00424. The summed E-state index contributed by atoms with van der Waals surface area (Å²) in [5, 5.41) is 2.82. The summed E-state index contributed by atoms with van der Waals surface area (Å²) in [5.74, 6) is 1.20. The van der Waals surface area contributed by atoms with Crippen LogP contribution in [0.2, 0.25) is 0 Å². The van der Waals surface area contributed by atoms with Crippen LogP contribution in [0, 0.1) is 0 Å². The van der Waals surface area contributed by atoms with Gasteiger partial charge in [-0.05, 0) is 24.3 Å². The number of nitrogens with zero attached hydrogens (tertiary/aromatic N) is 1. The fourth-order valence-electron chi connectivity index (χ4n) is 1.45. The number of benzene rings is 1. The molecule has 6 heteroatoms. The number of imidazole rings is 1. The van der Waals surface area contributed by atoms with Crippen LogP contribution >= 0.6 is 11.8 Å². The molecule has 0 atom stereocenters. The molecule has 0 fully saturated rings. The van der Waals surface area contributed by atoms with E-state index in [-0.39, 0.29) is 5.91 Å². The van der Waals surface area contributed by atoms with Crippen LogP contribution < -0.4 is 10.1 Å². The maximum atomic E-state index is 11.6. The van der Waals surface area contributed by atoms with Crippen LogP contribution in [0.1, 0.15) is 5.69 Å². The lowest BCUT2D eigenvalue weighted by molar-refractivity contribution is -0.118. The molecule has 0 bridgehead atoms. The largest absolute Gasteiger partial charge is 0.497 e. The zero-order chi connectivity index (χ0) is 13.5. The highest BCUT2D eigenvalue weighted by Crippen LogP contribution is 2.20. The van der Waals surface area contributed by atoms with E-state index in [1.807, 2.05) is 24.3 Å². The molecule has 1 amide bonds. The predicted molar refractivity (Wildman–Crippen MR) is 74.2 cm³/mol. The van der Waals surface area contributed by atoms with Crippen molar-refractivity contribution >= 4 is 17.7 Å². The lowest BCUT2D eigenvalue weighted by atomic mass is 10.3. The van der Waals surface area contributed by atoms with Gasteiger partial charge in [-0.1, -0.05) is 0 Å². The highest BCUT2D eigenvalue weighted by Gasteiger charge is 2.03. The first-order chi connectivity index (χ1) is 9.28. The Labute approximate surface area is 115 Å². The van der Waals surface area contributed by atoms with Gasteiger partial charge in [0.1, 0.15) is 5.75 Å². The maximum absolute atomic E-state index is 11.6. The first-order valence-electron chi connectivity index (χ1n) is 5.79. The smallest absolute Gasteiger partial charge is 0.230 e. The first-order valence-corrected chi connectivity index (χ1v) is 6.77. The number of hydrogen-bond donors (Lipinski definition) is 2. The molecule has 0 spiro atoms. The van der Waals surface area contributed by atoms with E-state index in [0.29, 0.717) is 12.3 Å². The summed E-state index contributed by atoms with van der Waals surface area (Å²) in [5.41, 5.74) is 0.891. The number of carbonyl (C=O) groups excluding carboxylic acids is 1. The van der Waals surface area contributed by atoms with E-state index in [1.54, 1.807) is 19.6 Å². The van der Waals surface area contributed by atoms with Gasteiger partial charge >= 0.3 is 0 Å².